The van der Waals surface area contributed by atoms with Crippen molar-refractivity contribution < 1.29 is 0 Å². The summed E-state index contributed by atoms with van der Waals surface area (Å²) in [6.45, 7) is 3.18. The summed E-state index contributed by atoms with van der Waals surface area (Å²) in [6, 6.07) is 0. The van der Waals surface area contributed by atoms with Crippen LogP contribution in [0.25, 0.3) is 0 Å². The Morgan fingerprint density at radius 1 is 1.53 bits per heavy atom. The molecule has 1 aliphatic rings. The van der Waals surface area contributed by atoms with Gasteiger partial charge in [0.05, 0.1) is 0 Å². The Bertz CT molecular complexity index is 363. The minimum atomic E-state index is 0.782. The van der Waals surface area contributed by atoms with Crippen LogP contribution in [0.3, 0.4) is 0 Å². The van der Waals surface area contributed by atoms with Gasteiger partial charge in [-0.15, -0.1) is 0 Å². The fourth-order valence-corrected chi connectivity index (χ4v) is 3.43. The second-order valence-corrected chi connectivity index (χ2v) is 5.58. The predicted octanol–water partition coefficient (Wildman–Crippen LogP) is 2.65. The number of aromatic amines is 1. The average Bonchev–Trinajstić information content (AvgIpc) is 2.62. The zero-order valence-corrected chi connectivity index (χ0v) is 10.7. The van der Waals surface area contributed by atoms with Crippen molar-refractivity contribution in [1.82, 2.24) is 14.8 Å². The molecular weight excluding hydrogens is 226 g/mol. The highest BCUT2D eigenvalue weighted by Gasteiger charge is 2.16. The van der Waals surface area contributed by atoms with Crippen molar-refractivity contribution in [1.29, 1.82) is 0 Å². The molecule has 0 aromatic carbocycles. The summed E-state index contributed by atoms with van der Waals surface area (Å²) in [5.74, 6) is 4.49. The first-order valence-corrected chi connectivity index (χ1v) is 7.09. The average molecular weight is 243 g/mol. The van der Waals surface area contributed by atoms with E-state index in [0.717, 1.165) is 29.5 Å². The highest BCUT2D eigenvalue weighted by molar-refractivity contribution is 7.99. The maximum absolute atomic E-state index is 5.25. The molecule has 1 aromatic heterocycles. The number of nitrogens with zero attached hydrogens (tertiary/aromatic N) is 2. The van der Waals surface area contributed by atoms with E-state index < -0.39 is 0 Å². The molecule has 0 atom stereocenters. The second kappa shape index (κ2) is 5.16. The fourth-order valence-electron chi connectivity index (χ4n) is 2.00. The summed E-state index contributed by atoms with van der Waals surface area (Å²) in [5.41, 5.74) is 0. The van der Waals surface area contributed by atoms with Crippen molar-refractivity contribution in [2.45, 2.75) is 32.7 Å². The Morgan fingerprint density at radius 2 is 2.27 bits per heavy atom. The number of aromatic nitrogens is 3. The summed E-state index contributed by atoms with van der Waals surface area (Å²) in [5, 5.41) is 7.13. The van der Waals surface area contributed by atoms with E-state index in [1.165, 1.54) is 24.3 Å². The molecule has 2 heterocycles. The van der Waals surface area contributed by atoms with Crippen LogP contribution < -0.4 is 0 Å². The van der Waals surface area contributed by atoms with Crippen molar-refractivity contribution in [3.05, 3.63) is 10.6 Å². The first-order valence-electron chi connectivity index (χ1n) is 5.53. The summed E-state index contributed by atoms with van der Waals surface area (Å²) >= 11 is 7.31. The molecule has 0 radical (unpaired) electrons. The Balaban J connectivity index is 2.08. The van der Waals surface area contributed by atoms with Crippen LogP contribution in [0.4, 0.5) is 0 Å². The van der Waals surface area contributed by atoms with Crippen LogP contribution in [0.2, 0.25) is 0 Å². The van der Waals surface area contributed by atoms with Crippen LogP contribution in [0.5, 0.6) is 0 Å². The van der Waals surface area contributed by atoms with E-state index in [1.54, 1.807) is 0 Å². The molecule has 5 heteroatoms. The number of rotatable bonds is 3. The molecule has 15 heavy (non-hydrogen) atoms. The molecule has 1 aliphatic heterocycles. The third-order valence-electron chi connectivity index (χ3n) is 2.94. The van der Waals surface area contributed by atoms with Crippen molar-refractivity contribution in [2.75, 3.05) is 11.5 Å². The quantitative estimate of drug-likeness (QED) is 0.829. The predicted molar refractivity (Wildman–Crippen MR) is 66.8 cm³/mol. The maximum atomic E-state index is 5.25. The van der Waals surface area contributed by atoms with Crippen LogP contribution in [-0.4, -0.2) is 26.3 Å². The first kappa shape index (κ1) is 11.2. The van der Waals surface area contributed by atoms with Gasteiger partial charge in [0.15, 0.2) is 4.77 Å². The van der Waals surface area contributed by atoms with E-state index in [-0.39, 0.29) is 0 Å². The molecule has 0 spiro atoms. The second-order valence-electron chi connectivity index (χ2n) is 3.96. The topological polar surface area (TPSA) is 33.6 Å². The first-order chi connectivity index (χ1) is 7.31. The van der Waals surface area contributed by atoms with Gasteiger partial charge in [-0.2, -0.15) is 16.9 Å². The molecule has 1 fully saturated rings. The van der Waals surface area contributed by atoms with Gasteiger partial charge in [0.25, 0.3) is 0 Å². The molecular formula is C10H17N3S2. The van der Waals surface area contributed by atoms with Gasteiger partial charge in [0, 0.05) is 13.0 Å². The fraction of sp³-hybridized carbons (Fsp3) is 0.800. The maximum Gasteiger partial charge on any atom is 0.195 e. The Morgan fingerprint density at radius 3 is 2.93 bits per heavy atom. The number of aryl methyl sites for hydroxylation is 1. The molecule has 1 aromatic rings. The lowest BCUT2D eigenvalue weighted by molar-refractivity contribution is 0.407. The van der Waals surface area contributed by atoms with Crippen molar-refractivity contribution in [2.24, 2.45) is 5.92 Å². The molecule has 3 nitrogen and oxygen atoms in total. The van der Waals surface area contributed by atoms with Crippen molar-refractivity contribution in [3.8, 4) is 0 Å². The summed E-state index contributed by atoms with van der Waals surface area (Å²) in [6.07, 6.45) is 3.59. The van der Waals surface area contributed by atoms with Gasteiger partial charge in [0.1, 0.15) is 5.82 Å². The van der Waals surface area contributed by atoms with Gasteiger partial charge in [-0.25, -0.2) is 0 Å². The molecule has 0 unspecified atom stereocenters. The normalized spacial score (nSPS) is 18.2. The minimum Gasteiger partial charge on any atom is -0.304 e. The Labute approximate surface area is 99.7 Å². The van der Waals surface area contributed by atoms with E-state index in [9.17, 15) is 0 Å². The van der Waals surface area contributed by atoms with E-state index in [0.29, 0.717) is 0 Å². The number of hydrogen-bond acceptors (Lipinski definition) is 3. The zero-order valence-electron chi connectivity index (χ0n) is 9.03. The Hall–Kier alpha value is -0.290. The molecule has 2 rings (SSSR count). The van der Waals surface area contributed by atoms with Gasteiger partial charge in [-0.1, -0.05) is 6.92 Å². The number of nitrogens with one attached hydrogen (secondary N) is 1. The number of thioether (sulfide) groups is 1. The van der Waals surface area contributed by atoms with Gasteiger partial charge < -0.3 is 4.57 Å². The number of H-pyrrole nitrogens is 1. The van der Waals surface area contributed by atoms with Gasteiger partial charge in [-0.3, -0.25) is 5.10 Å². The lowest BCUT2D eigenvalue weighted by Gasteiger charge is -2.22. The lowest BCUT2D eigenvalue weighted by atomic mass is 10.0. The van der Waals surface area contributed by atoms with E-state index in [2.05, 4.69) is 33.5 Å². The molecule has 1 N–H and O–H groups in total. The lowest BCUT2D eigenvalue weighted by Crippen LogP contribution is -2.17. The van der Waals surface area contributed by atoms with Crippen LogP contribution in [0, 0.1) is 10.7 Å². The molecule has 0 aliphatic carbocycles. The van der Waals surface area contributed by atoms with Crippen LogP contribution in [0.15, 0.2) is 0 Å². The molecule has 84 valence electrons. The van der Waals surface area contributed by atoms with Gasteiger partial charge >= 0.3 is 0 Å². The summed E-state index contributed by atoms with van der Waals surface area (Å²) in [4.78, 5) is 0. The highest BCUT2D eigenvalue weighted by Crippen LogP contribution is 2.24. The van der Waals surface area contributed by atoms with E-state index in [1.807, 2.05) is 0 Å². The summed E-state index contributed by atoms with van der Waals surface area (Å²) in [7, 11) is 0. The smallest absolute Gasteiger partial charge is 0.195 e. The molecule has 0 amide bonds. The molecule has 0 bridgehead atoms. The van der Waals surface area contributed by atoms with Crippen LogP contribution in [-0.2, 0) is 13.0 Å². The van der Waals surface area contributed by atoms with E-state index in [4.69, 9.17) is 12.2 Å². The molecule has 0 saturated carbocycles. The standard InChI is InChI=1S/C10H17N3S2/c1-2-9-11-12-10(14)13(9)7-8-3-5-15-6-4-8/h8H,2-7H2,1H3,(H,12,14). The highest BCUT2D eigenvalue weighted by atomic mass is 32.2. The SMILES string of the molecule is CCc1n[nH]c(=S)n1CC1CCSCC1. The molecule has 1 saturated heterocycles. The van der Waals surface area contributed by atoms with Gasteiger partial charge in [-0.05, 0) is 42.5 Å². The van der Waals surface area contributed by atoms with Crippen molar-refractivity contribution in [3.63, 3.8) is 0 Å². The monoisotopic (exact) mass is 243 g/mol. The van der Waals surface area contributed by atoms with Gasteiger partial charge in [0.2, 0.25) is 0 Å². The third-order valence-corrected chi connectivity index (χ3v) is 4.30. The van der Waals surface area contributed by atoms with E-state index >= 15 is 0 Å². The van der Waals surface area contributed by atoms with Crippen LogP contribution in [0.1, 0.15) is 25.6 Å². The minimum absolute atomic E-state index is 0.782. The summed E-state index contributed by atoms with van der Waals surface area (Å²) < 4.78 is 2.96. The van der Waals surface area contributed by atoms with Crippen LogP contribution >= 0.6 is 24.0 Å². The largest absolute Gasteiger partial charge is 0.304 e. The number of hydrogen-bond donors (Lipinski definition) is 1. The van der Waals surface area contributed by atoms with Crippen molar-refractivity contribution >= 4 is 24.0 Å². The zero-order chi connectivity index (χ0) is 10.7. The Kier molecular flexibility index (Phi) is 3.86. The third kappa shape index (κ3) is 2.64.